The van der Waals surface area contributed by atoms with Gasteiger partial charge in [-0.05, 0) is 11.6 Å². The molecule has 0 aliphatic heterocycles. The summed E-state index contributed by atoms with van der Waals surface area (Å²) in [6.45, 7) is 0. The molecule has 2 heterocycles. The molecule has 0 amide bonds. The molecule has 0 atom stereocenters. The van der Waals surface area contributed by atoms with Crippen LogP contribution in [-0.4, -0.2) is 35.6 Å². The van der Waals surface area contributed by atoms with E-state index < -0.39 is 12.1 Å². The SMILES string of the molecule is O=C(n1cncn1)n1nc(F)nc1Cl. The number of carbonyl (C=O) groups excluding carboxylic acids is 1. The topological polar surface area (TPSA) is 78.5 Å². The molecule has 7 nitrogen and oxygen atoms in total. The van der Waals surface area contributed by atoms with Gasteiger partial charge in [0.05, 0.1) is 0 Å². The van der Waals surface area contributed by atoms with E-state index in [1.807, 2.05) is 0 Å². The molecule has 0 bridgehead atoms. The van der Waals surface area contributed by atoms with Crippen LogP contribution in [0.25, 0.3) is 0 Å². The first-order valence-corrected chi connectivity index (χ1v) is 3.73. The van der Waals surface area contributed by atoms with E-state index in [1.165, 1.54) is 0 Å². The molecule has 2 aromatic rings. The first-order valence-electron chi connectivity index (χ1n) is 3.36. The monoisotopic (exact) mass is 216 g/mol. The first-order chi connectivity index (χ1) is 6.68. The van der Waals surface area contributed by atoms with Gasteiger partial charge in [0.1, 0.15) is 12.7 Å². The molecular formula is C5H2ClFN6O. The molecule has 0 radical (unpaired) electrons. The third-order valence-corrected chi connectivity index (χ3v) is 1.58. The van der Waals surface area contributed by atoms with Crippen molar-refractivity contribution in [3.8, 4) is 0 Å². The first kappa shape index (κ1) is 8.75. The Morgan fingerprint density at radius 2 is 2.36 bits per heavy atom. The number of nitrogens with zero attached hydrogens (tertiary/aromatic N) is 6. The van der Waals surface area contributed by atoms with Gasteiger partial charge in [0.2, 0.25) is 5.28 Å². The minimum Gasteiger partial charge on any atom is -0.243 e. The Kier molecular flexibility index (Phi) is 1.97. The van der Waals surface area contributed by atoms with Crippen molar-refractivity contribution in [3.63, 3.8) is 0 Å². The smallest absolute Gasteiger partial charge is 0.243 e. The normalized spacial score (nSPS) is 10.4. The molecule has 0 spiro atoms. The molecule has 0 aromatic carbocycles. The van der Waals surface area contributed by atoms with E-state index in [0.29, 0.717) is 4.68 Å². The summed E-state index contributed by atoms with van der Waals surface area (Å²) in [4.78, 5) is 18.1. The summed E-state index contributed by atoms with van der Waals surface area (Å²) in [6.07, 6.45) is 1.21. The lowest BCUT2D eigenvalue weighted by Crippen LogP contribution is -2.21. The average Bonchev–Trinajstić information content (AvgIpc) is 2.73. The van der Waals surface area contributed by atoms with Gasteiger partial charge in [0.25, 0.3) is 0 Å². The van der Waals surface area contributed by atoms with Crippen LogP contribution in [0.4, 0.5) is 9.18 Å². The average molecular weight is 217 g/mol. The van der Waals surface area contributed by atoms with Crippen molar-refractivity contribution >= 4 is 17.6 Å². The van der Waals surface area contributed by atoms with E-state index >= 15 is 0 Å². The van der Waals surface area contributed by atoms with Gasteiger partial charge in [-0.25, -0.2) is 9.78 Å². The van der Waals surface area contributed by atoms with Gasteiger partial charge in [-0.15, -0.1) is 9.78 Å². The fourth-order valence-corrected chi connectivity index (χ4v) is 0.975. The number of carbonyl (C=O) groups is 1. The lowest BCUT2D eigenvalue weighted by Gasteiger charge is -1.97. The standard InChI is InChI=1S/C5H2ClFN6O/c6-3-10-4(7)11-13(3)5(14)12-2-8-1-9-12/h1-2H. The van der Waals surface area contributed by atoms with Crippen LogP contribution < -0.4 is 0 Å². The van der Waals surface area contributed by atoms with E-state index in [1.54, 1.807) is 0 Å². The predicted octanol–water partition coefficient (Wildman–Crippen LogP) is 0.178. The Labute approximate surface area is 81.1 Å². The number of rotatable bonds is 0. The van der Waals surface area contributed by atoms with Crippen LogP contribution >= 0.6 is 11.6 Å². The third-order valence-electron chi connectivity index (χ3n) is 1.34. The maximum atomic E-state index is 12.5. The molecule has 0 aliphatic rings. The summed E-state index contributed by atoms with van der Waals surface area (Å²) in [7, 11) is 0. The molecule has 14 heavy (non-hydrogen) atoms. The maximum absolute atomic E-state index is 12.5. The van der Waals surface area contributed by atoms with Gasteiger partial charge in [0.15, 0.2) is 0 Å². The Morgan fingerprint density at radius 1 is 1.57 bits per heavy atom. The molecule has 72 valence electrons. The summed E-state index contributed by atoms with van der Waals surface area (Å²) < 4.78 is 13.9. The second-order valence-corrected chi connectivity index (χ2v) is 2.52. The Balaban J connectivity index is 2.41. The van der Waals surface area contributed by atoms with Crippen LogP contribution in [0.5, 0.6) is 0 Å². The van der Waals surface area contributed by atoms with Gasteiger partial charge in [-0.1, -0.05) is 0 Å². The maximum Gasteiger partial charge on any atom is 0.373 e. The number of aromatic nitrogens is 6. The number of hydrogen-bond acceptors (Lipinski definition) is 5. The van der Waals surface area contributed by atoms with Crippen LogP contribution in [0.1, 0.15) is 0 Å². The van der Waals surface area contributed by atoms with Crippen molar-refractivity contribution in [1.82, 2.24) is 29.5 Å². The molecule has 0 fully saturated rings. The second-order valence-electron chi connectivity index (χ2n) is 2.18. The molecule has 0 unspecified atom stereocenters. The zero-order chi connectivity index (χ0) is 10.1. The molecule has 2 rings (SSSR count). The molecule has 0 N–H and O–H groups in total. The van der Waals surface area contributed by atoms with Crippen molar-refractivity contribution in [1.29, 1.82) is 0 Å². The number of hydrogen-bond donors (Lipinski definition) is 0. The van der Waals surface area contributed by atoms with Gasteiger partial charge in [0, 0.05) is 0 Å². The van der Waals surface area contributed by atoms with Gasteiger partial charge in [-0.3, -0.25) is 0 Å². The Bertz CT molecular complexity index is 465. The van der Waals surface area contributed by atoms with E-state index in [0.717, 1.165) is 17.3 Å². The molecule has 2 aromatic heterocycles. The molecule has 0 saturated carbocycles. The highest BCUT2D eigenvalue weighted by Gasteiger charge is 2.16. The number of halogens is 2. The minimum atomic E-state index is -1.08. The summed E-state index contributed by atoms with van der Waals surface area (Å²) in [5.74, 6) is 0. The summed E-state index contributed by atoms with van der Waals surface area (Å²) in [5.41, 5.74) is 0. The zero-order valence-electron chi connectivity index (χ0n) is 6.50. The van der Waals surface area contributed by atoms with Crippen molar-refractivity contribution in [3.05, 3.63) is 24.0 Å². The fraction of sp³-hybridized carbons (Fsp3) is 0. The third kappa shape index (κ3) is 1.35. The summed E-state index contributed by atoms with van der Waals surface area (Å²) in [5, 5.41) is 6.29. The van der Waals surface area contributed by atoms with Crippen LogP contribution in [0, 0.1) is 6.08 Å². The van der Waals surface area contributed by atoms with Gasteiger partial charge < -0.3 is 0 Å². The van der Waals surface area contributed by atoms with Crippen molar-refractivity contribution in [2.45, 2.75) is 0 Å². The molecule has 0 saturated heterocycles. The van der Waals surface area contributed by atoms with Crippen molar-refractivity contribution in [2.24, 2.45) is 0 Å². The highest BCUT2D eigenvalue weighted by atomic mass is 35.5. The van der Waals surface area contributed by atoms with Gasteiger partial charge >= 0.3 is 12.1 Å². The van der Waals surface area contributed by atoms with Gasteiger partial charge in [-0.2, -0.15) is 19.2 Å². The van der Waals surface area contributed by atoms with E-state index in [4.69, 9.17) is 11.6 Å². The lowest BCUT2D eigenvalue weighted by molar-refractivity contribution is 0.237. The molecule has 0 aliphatic carbocycles. The molecule has 9 heteroatoms. The van der Waals surface area contributed by atoms with Crippen molar-refractivity contribution < 1.29 is 9.18 Å². The highest BCUT2D eigenvalue weighted by molar-refractivity contribution is 6.29. The lowest BCUT2D eigenvalue weighted by atomic mass is 10.9. The van der Waals surface area contributed by atoms with E-state index in [9.17, 15) is 9.18 Å². The fourth-order valence-electron chi connectivity index (χ4n) is 0.795. The van der Waals surface area contributed by atoms with Crippen LogP contribution in [0.3, 0.4) is 0 Å². The zero-order valence-corrected chi connectivity index (χ0v) is 7.26. The second kappa shape index (κ2) is 3.14. The van der Waals surface area contributed by atoms with E-state index in [-0.39, 0.29) is 5.28 Å². The van der Waals surface area contributed by atoms with Crippen LogP contribution in [0.2, 0.25) is 5.28 Å². The minimum absolute atomic E-state index is 0.372. The van der Waals surface area contributed by atoms with Crippen LogP contribution in [0.15, 0.2) is 12.7 Å². The Hall–Kier alpha value is -1.83. The summed E-state index contributed by atoms with van der Waals surface area (Å²) in [6, 6.07) is -0.760. The van der Waals surface area contributed by atoms with E-state index in [2.05, 4.69) is 20.2 Å². The quantitative estimate of drug-likeness (QED) is 0.628. The molecular weight excluding hydrogens is 215 g/mol. The predicted molar refractivity (Wildman–Crippen MR) is 41.2 cm³/mol. The van der Waals surface area contributed by atoms with Crippen molar-refractivity contribution in [2.75, 3.05) is 0 Å². The largest absolute Gasteiger partial charge is 0.373 e. The summed E-state index contributed by atoms with van der Waals surface area (Å²) >= 11 is 5.42. The highest BCUT2D eigenvalue weighted by Crippen LogP contribution is 2.04. The Morgan fingerprint density at radius 3 is 2.86 bits per heavy atom. The van der Waals surface area contributed by atoms with Crippen LogP contribution in [-0.2, 0) is 0 Å².